The third-order valence-electron chi connectivity index (χ3n) is 4.22. The molecule has 1 saturated heterocycles. The van der Waals surface area contributed by atoms with Gasteiger partial charge in [-0.05, 0) is 25.5 Å². The molecule has 0 aliphatic carbocycles. The van der Waals surface area contributed by atoms with Crippen LogP contribution in [0.1, 0.15) is 79.6 Å². The first-order valence-electron chi connectivity index (χ1n) is 12.2. The predicted molar refractivity (Wildman–Crippen MR) is 142 cm³/mol. The number of halogens is 2. The fraction of sp³-hybridized carbons (Fsp3) is 0.640. The molecule has 0 saturated carbocycles. The molecule has 0 spiro atoms. The Labute approximate surface area is 215 Å². The standard InChI is InChI=1S/C17H25F2N5O2.C2H4O2.3C2H6/c1-11-14(24-8-4-7-17(18,19)10-24)6-5-13(22-11)16(20)15(23(3)21)9-26-12(2)25;1-2(3)4;3*1-2/h5-6H,4,7-10,20-21H2,1-3H3;1H3,(H,3,4);3*1-2H3/b16-15-;;;;. The molecule has 1 aliphatic rings. The molecule has 1 aromatic rings. The fourth-order valence-electron chi connectivity index (χ4n) is 2.90. The minimum absolute atomic E-state index is 0.0883. The second-order valence-corrected chi connectivity index (χ2v) is 6.95. The third-order valence-corrected chi connectivity index (χ3v) is 4.22. The molecule has 0 atom stereocenters. The van der Waals surface area contributed by atoms with Crippen LogP contribution in [0.4, 0.5) is 14.5 Å². The molecule has 2 heterocycles. The van der Waals surface area contributed by atoms with E-state index >= 15 is 0 Å². The lowest BCUT2D eigenvalue weighted by atomic mass is 10.1. The molecule has 210 valence electrons. The van der Waals surface area contributed by atoms with Crippen LogP contribution in [0.2, 0.25) is 0 Å². The number of piperidine rings is 1. The number of nitrogens with zero attached hydrogens (tertiary/aromatic N) is 3. The van der Waals surface area contributed by atoms with Gasteiger partial charge < -0.3 is 25.5 Å². The van der Waals surface area contributed by atoms with Crippen molar-refractivity contribution in [2.24, 2.45) is 11.6 Å². The summed E-state index contributed by atoms with van der Waals surface area (Å²) in [5.41, 5.74) is 8.48. The average Bonchev–Trinajstić information content (AvgIpc) is 2.81. The largest absolute Gasteiger partial charge is 0.481 e. The molecule has 36 heavy (non-hydrogen) atoms. The molecule has 9 nitrogen and oxygen atoms in total. The first-order valence-corrected chi connectivity index (χ1v) is 12.2. The highest BCUT2D eigenvalue weighted by Crippen LogP contribution is 2.31. The molecule has 0 aromatic carbocycles. The quantitative estimate of drug-likeness (QED) is 0.285. The van der Waals surface area contributed by atoms with Crippen LogP contribution in [-0.2, 0) is 14.3 Å². The summed E-state index contributed by atoms with van der Waals surface area (Å²) >= 11 is 0. The fourth-order valence-corrected chi connectivity index (χ4v) is 2.90. The van der Waals surface area contributed by atoms with Crippen molar-refractivity contribution < 1.29 is 28.2 Å². The summed E-state index contributed by atoms with van der Waals surface area (Å²) in [6, 6.07) is 3.38. The summed E-state index contributed by atoms with van der Waals surface area (Å²) in [7, 11) is 1.57. The molecular formula is C25H47F2N5O4. The number of aryl methyl sites for hydroxylation is 1. The van der Waals surface area contributed by atoms with E-state index in [-0.39, 0.29) is 25.3 Å². The summed E-state index contributed by atoms with van der Waals surface area (Å²) < 4.78 is 32.3. The van der Waals surface area contributed by atoms with Gasteiger partial charge >= 0.3 is 5.97 Å². The zero-order valence-corrected chi connectivity index (χ0v) is 23.6. The van der Waals surface area contributed by atoms with E-state index in [1.54, 1.807) is 31.0 Å². The van der Waals surface area contributed by atoms with E-state index in [4.69, 9.17) is 26.2 Å². The monoisotopic (exact) mass is 519 g/mol. The lowest BCUT2D eigenvalue weighted by Gasteiger charge is -2.34. The summed E-state index contributed by atoms with van der Waals surface area (Å²) in [5, 5.41) is 8.67. The number of alkyl halides is 2. The summed E-state index contributed by atoms with van der Waals surface area (Å²) in [6.07, 6.45) is 0.340. The number of hydrogen-bond acceptors (Lipinski definition) is 8. The van der Waals surface area contributed by atoms with Gasteiger partial charge in [0.05, 0.1) is 35.0 Å². The number of hydrogen-bond donors (Lipinski definition) is 3. The number of nitrogens with two attached hydrogens (primary N) is 2. The number of likely N-dealkylation sites (N-methyl/N-ethyl adjacent to an activating group) is 1. The first kappa shape index (κ1) is 37.6. The second kappa shape index (κ2) is 20.3. The van der Waals surface area contributed by atoms with E-state index in [1.165, 1.54) is 11.9 Å². The molecule has 5 N–H and O–H groups in total. The number of esters is 1. The van der Waals surface area contributed by atoms with Crippen molar-refractivity contribution in [3.05, 3.63) is 29.2 Å². The Balaban J connectivity index is -0.000000951. The van der Waals surface area contributed by atoms with E-state index in [2.05, 4.69) is 4.98 Å². The van der Waals surface area contributed by atoms with Gasteiger partial charge in [-0.25, -0.2) is 19.6 Å². The Bertz CT molecular complexity index is 799. The van der Waals surface area contributed by atoms with Gasteiger partial charge in [-0.1, -0.05) is 41.5 Å². The number of carbonyl (C=O) groups is 2. The normalized spacial score (nSPS) is 13.9. The molecule has 1 fully saturated rings. The third kappa shape index (κ3) is 15.1. The number of anilines is 1. The molecule has 11 heteroatoms. The maximum atomic E-state index is 13.7. The molecule has 2 rings (SSSR count). The second-order valence-electron chi connectivity index (χ2n) is 6.95. The minimum atomic E-state index is -2.69. The summed E-state index contributed by atoms with van der Waals surface area (Å²) in [5.74, 6) is 1.78. The number of rotatable bonds is 5. The van der Waals surface area contributed by atoms with Gasteiger partial charge in [-0.2, -0.15) is 0 Å². The van der Waals surface area contributed by atoms with Crippen molar-refractivity contribution in [1.82, 2.24) is 9.99 Å². The van der Waals surface area contributed by atoms with Crippen LogP contribution in [0.25, 0.3) is 5.70 Å². The zero-order valence-electron chi connectivity index (χ0n) is 23.6. The van der Waals surface area contributed by atoms with E-state index in [1.807, 2.05) is 41.5 Å². The van der Waals surface area contributed by atoms with Crippen molar-refractivity contribution in [3.8, 4) is 0 Å². The maximum absolute atomic E-state index is 13.7. The Morgan fingerprint density at radius 2 is 1.67 bits per heavy atom. The van der Waals surface area contributed by atoms with Crippen LogP contribution in [-0.4, -0.2) is 59.7 Å². The minimum Gasteiger partial charge on any atom is -0.481 e. The SMILES string of the molecule is CC.CC.CC.CC(=O)O.CC(=O)OC/C(=C(/N)c1ccc(N2CCCC(F)(F)C2)c(C)n1)N(C)N. The highest BCUT2D eigenvalue weighted by atomic mass is 19.3. The van der Waals surface area contributed by atoms with Crippen LogP contribution < -0.4 is 16.5 Å². The predicted octanol–water partition coefficient (Wildman–Crippen LogP) is 4.79. The molecule has 0 unspecified atom stereocenters. The number of carboxylic acid groups (broad SMARTS) is 1. The van der Waals surface area contributed by atoms with Crippen LogP contribution >= 0.6 is 0 Å². The number of ether oxygens (including phenoxy) is 1. The summed E-state index contributed by atoms with van der Waals surface area (Å²) in [4.78, 5) is 26.1. The smallest absolute Gasteiger partial charge is 0.303 e. The number of carboxylic acids is 1. The molecule has 0 radical (unpaired) electrons. The van der Waals surface area contributed by atoms with Gasteiger partial charge in [0.25, 0.3) is 11.9 Å². The first-order chi connectivity index (χ1) is 16.8. The van der Waals surface area contributed by atoms with E-state index in [9.17, 15) is 13.6 Å². The Morgan fingerprint density at radius 3 is 2.06 bits per heavy atom. The number of carbonyl (C=O) groups excluding carboxylic acids is 1. The molecule has 1 aliphatic heterocycles. The van der Waals surface area contributed by atoms with E-state index in [0.29, 0.717) is 35.7 Å². The Kier molecular flexibility index (Phi) is 21.2. The number of aromatic nitrogens is 1. The van der Waals surface area contributed by atoms with Gasteiger partial charge in [0.15, 0.2) is 0 Å². The Morgan fingerprint density at radius 1 is 1.17 bits per heavy atom. The highest BCUT2D eigenvalue weighted by Gasteiger charge is 2.35. The van der Waals surface area contributed by atoms with Gasteiger partial charge in [-0.15, -0.1) is 0 Å². The molecule has 0 amide bonds. The van der Waals surface area contributed by atoms with Gasteiger partial charge in [0.2, 0.25) is 0 Å². The van der Waals surface area contributed by atoms with Crippen LogP contribution in [0, 0.1) is 6.92 Å². The van der Waals surface area contributed by atoms with Crippen molar-refractivity contribution in [2.75, 3.05) is 31.6 Å². The molecule has 0 bridgehead atoms. The van der Waals surface area contributed by atoms with Crippen molar-refractivity contribution in [2.45, 2.75) is 81.1 Å². The number of aliphatic carboxylic acids is 1. The van der Waals surface area contributed by atoms with E-state index in [0.717, 1.165) is 6.92 Å². The topological polar surface area (TPSA) is 135 Å². The lowest BCUT2D eigenvalue weighted by Crippen LogP contribution is -2.43. The van der Waals surface area contributed by atoms with Crippen molar-refractivity contribution >= 4 is 23.3 Å². The van der Waals surface area contributed by atoms with Crippen LogP contribution in [0.3, 0.4) is 0 Å². The van der Waals surface area contributed by atoms with Crippen molar-refractivity contribution in [1.29, 1.82) is 0 Å². The molecular weight excluding hydrogens is 472 g/mol. The Hall–Kier alpha value is -2.95. The van der Waals surface area contributed by atoms with Gasteiger partial charge in [0.1, 0.15) is 6.61 Å². The van der Waals surface area contributed by atoms with Crippen LogP contribution in [0.15, 0.2) is 17.8 Å². The van der Waals surface area contributed by atoms with E-state index < -0.39 is 17.9 Å². The lowest BCUT2D eigenvalue weighted by molar-refractivity contribution is -0.140. The van der Waals surface area contributed by atoms with Crippen molar-refractivity contribution in [3.63, 3.8) is 0 Å². The van der Waals surface area contributed by atoms with Crippen LogP contribution in [0.5, 0.6) is 0 Å². The van der Waals surface area contributed by atoms with Gasteiger partial charge in [0, 0.05) is 33.9 Å². The number of hydrazine groups is 1. The van der Waals surface area contributed by atoms with Gasteiger partial charge in [-0.3, -0.25) is 9.59 Å². The highest BCUT2D eigenvalue weighted by molar-refractivity contribution is 5.68. The maximum Gasteiger partial charge on any atom is 0.303 e. The number of pyridine rings is 1. The summed E-state index contributed by atoms with van der Waals surface area (Å²) in [6.45, 7) is 16.3. The average molecular weight is 520 g/mol. The molecule has 1 aromatic heterocycles. The zero-order chi connectivity index (χ0) is 29.1.